The fourth-order valence-electron chi connectivity index (χ4n) is 2.68. The van der Waals surface area contributed by atoms with Gasteiger partial charge in [-0.1, -0.05) is 41.0 Å². The van der Waals surface area contributed by atoms with E-state index in [9.17, 15) is 0 Å². The van der Waals surface area contributed by atoms with Crippen molar-refractivity contribution < 1.29 is 0 Å². The molecular weight excluding hydrogens is 208 g/mol. The zero-order chi connectivity index (χ0) is 13.5. The highest BCUT2D eigenvalue weighted by Gasteiger charge is 2.33. The Hall–Kier alpha value is -0.0800. The fraction of sp³-hybridized carbons (Fsp3) is 1.00. The molecule has 0 unspecified atom stereocenters. The molecule has 0 radical (unpaired) electrons. The molecule has 1 aliphatic heterocycles. The Kier molecular flexibility index (Phi) is 7.34. The van der Waals surface area contributed by atoms with Crippen LogP contribution in [0.5, 0.6) is 0 Å². The van der Waals surface area contributed by atoms with Gasteiger partial charge in [0.25, 0.3) is 0 Å². The van der Waals surface area contributed by atoms with Gasteiger partial charge in [-0.25, -0.2) is 0 Å². The first-order valence-electron chi connectivity index (χ1n) is 7.33. The van der Waals surface area contributed by atoms with Crippen LogP contribution in [0.25, 0.3) is 0 Å². The molecule has 1 heterocycles. The second-order valence-electron chi connectivity index (χ2n) is 6.24. The molecule has 2 heteroatoms. The van der Waals surface area contributed by atoms with Gasteiger partial charge < -0.3 is 5.32 Å². The molecule has 0 bridgehead atoms. The molecule has 0 aromatic carbocycles. The van der Waals surface area contributed by atoms with Crippen molar-refractivity contribution in [2.75, 3.05) is 26.2 Å². The molecule has 104 valence electrons. The molecule has 1 fully saturated rings. The van der Waals surface area contributed by atoms with Crippen LogP contribution in [0.15, 0.2) is 0 Å². The maximum Gasteiger partial charge on any atom is 0.0159 e. The number of nitrogens with one attached hydrogen (secondary N) is 1. The van der Waals surface area contributed by atoms with Crippen LogP contribution in [0.1, 0.15) is 61.3 Å². The minimum absolute atomic E-state index is 0.349. The summed E-state index contributed by atoms with van der Waals surface area (Å²) in [6.45, 7) is 20.6. The molecule has 1 saturated heterocycles. The second kappa shape index (κ2) is 7.38. The summed E-state index contributed by atoms with van der Waals surface area (Å²) >= 11 is 0. The number of hydrogen-bond donors (Lipinski definition) is 1. The highest BCUT2D eigenvalue weighted by Crippen LogP contribution is 2.34. The minimum Gasteiger partial charge on any atom is -0.314 e. The summed E-state index contributed by atoms with van der Waals surface area (Å²) in [7, 11) is 0. The highest BCUT2D eigenvalue weighted by molar-refractivity contribution is 4.89. The van der Waals surface area contributed by atoms with Crippen molar-refractivity contribution in [3.8, 4) is 0 Å². The number of rotatable bonds is 4. The lowest BCUT2D eigenvalue weighted by Crippen LogP contribution is -2.54. The van der Waals surface area contributed by atoms with Gasteiger partial charge in [0.1, 0.15) is 0 Å². The van der Waals surface area contributed by atoms with Crippen molar-refractivity contribution in [3.05, 3.63) is 0 Å². The quantitative estimate of drug-likeness (QED) is 0.811. The van der Waals surface area contributed by atoms with E-state index < -0.39 is 0 Å². The number of hydrogen-bond acceptors (Lipinski definition) is 2. The van der Waals surface area contributed by atoms with Gasteiger partial charge in [0.2, 0.25) is 0 Å². The lowest BCUT2D eigenvalue weighted by Gasteiger charge is -2.45. The van der Waals surface area contributed by atoms with Crippen molar-refractivity contribution in [2.24, 2.45) is 5.41 Å². The van der Waals surface area contributed by atoms with E-state index in [1.807, 2.05) is 13.8 Å². The summed E-state index contributed by atoms with van der Waals surface area (Å²) in [5, 5.41) is 3.42. The topological polar surface area (TPSA) is 15.3 Å². The molecule has 2 nitrogen and oxygen atoms in total. The van der Waals surface area contributed by atoms with E-state index in [2.05, 4.69) is 44.8 Å². The molecule has 1 N–H and O–H groups in total. The van der Waals surface area contributed by atoms with Crippen molar-refractivity contribution >= 4 is 0 Å². The molecule has 0 aromatic heterocycles. The SMILES string of the molecule is CC.CCC(C)(C)CC(C)(C)N1CCNCC1. The summed E-state index contributed by atoms with van der Waals surface area (Å²) in [5.74, 6) is 0. The average Bonchev–Trinajstić information content (AvgIpc) is 2.32. The highest BCUT2D eigenvalue weighted by atomic mass is 15.2. The van der Waals surface area contributed by atoms with Crippen LogP contribution in [-0.4, -0.2) is 36.6 Å². The Bertz CT molecular complexity index is 191. The third-order valence-corrected chi connectivity index (χ3v) is 3.84. The van der Waals surface area contributed by atoms with Crippen LogP contribution in [0, 0.1) is 5.41 Å². The predicted octanol–water partition coefficient (Wildman–Crippen LogP) is 3.52. The standard InChI is InChI=1S/C13H28N2.C2H6/c1-6-12(2,3)11-13(4,5)15-9-7-14-8-10-15;1-2/h14H,6-11H2,1-5H3;1-2H3. The maximum absolute atomic E-state index is 3.42. The lowest BCUT2D eigenvalue weighted by atomic mass is 9.77. The molecule has 17 heavy (non-hydrogen) atoms. The molecule has 0 aliphatic carbocycles. The van der Waals surface area contributed by atoms with Gasteiger partial charge in [0.05, 0.1) is 0 Å². The monoisotopic (exact) mass is 242 g/mol. The van der Waals surface area contributed by atoms with Gasteiger partial charge in [-0.2, -0.15) is 0 Å². The second-order valence-corrected chi connectivity index (χ2v) is 6.24. The zero-order valence-corrected chi connectivity index (χ0v) is 13.2. The lowest BCUT2D eigenvalue weighted by molar-refractivity contribution is 0.0594. The van der Waals surface area contributed by atoms with Crippen molar-refractivity contribution in [3.63, 3.8) is 0 Å². The van der Waals surface area contributed by atoms with Crippen molar-refractivity contribution in [1.29, 1.82) is 0 Å². The van der Waals surface area contributed by atoms with Crippen molar-refractivity contribution in [2.45, 2.75) is 66.8 Å². The third-order valence-electron chi connectivity index (χ3n) is 3.84. The summed E-state index contributed by atoms with van der Waals surface area (Å²) in [6, 6.07) is 0. The molecule has 1 rings (SSSR count). The summed E-state index contributed by atoms with van der Waals surface area (Å²) in [5.41, 5.74) is 0.815. The molecular formula is C15H34N2. The predicted molar refractivity (Wildman–Crippen MR) is 78.6 cm³/mol. The van der Waals surface area contributed by atoms with E-state index in [1.54, 1.807) is 0 Å². The van der Waals surface area contributed by atoms with Crippen LogP contribution in [-0.2, 0) is 0 Å². The molecule has 0 saturated carbocycles. The summed E-state index contributed by atoms with van der Waals surface area (Å²) in [4.78, 5) is 2.64. The Morgan fingerprint density at radius 3 is 1.88 bits per heavy atom. The molecule has 0 aromatic rings. The van der Waals surface area contributed by atoms with Crippen LogP contribution in [0.3, 0.4) is 0 Å². The average molecular weight is 242 g/mol. The zero-order valence-electron chi connectivity index (χ0n) is 13.2. The third kappa shape index (κ3) is 5.87. The Labute approximate surface area is 109 Å². The van der Waals surface area contributed by atoms with Gasteiger partial charge in [-0.05, 0) is 25.7 Å². The van der Waals surface area contributed by atoms with Gasteiger partial charge >= 0.3 is 0 Å². The van der Waals surface area contributed by atoms with Gasteiger partial charge in [0, 0.05) is 31.7 Å². The first-order chi connectivity index (χ1) is 7.87. The maximum atomic E-state index is 3.42. The summed E-state index contributed by atoms with van der Waals surface area (Å²) in [6.07, 6.45) is 2.55. The first kappa shape index (κ1) is 16.9. The Morgan fingerprint density at radius 1 is 1.00 bits per heavy atom. The van der Waals surface area contributed by atoms with Crippen molar-refractivity contribution in [1.82, 2.24) is 10.2 Å². The summed E-state index contributed by atoms with van der Waals surface area (Å²) < 4.78 is 0. The van der Waals surface area contributed by atoms with E-state index in [4.69, 9.17) is 0 Å². The molecule has 0 atom stereocenters. The van der Waals surface area contributed by atoms with Crippen LogP contribution >= 0.6 is 0 Å². The van der Waals surface area contributed by atoms with E-state index in [-0.39, 0.29) is 0 Å². The van der Waals surface area contributed by atoms with Crippen LogP contribution in [0.2, 0.25) is 0 Å². The van der Waals surface area contributed by atoms with Crippen LogP contribution < -0.4 is 5.32 Å². The Balaban J connectivity index is 0.00000121. The fourth-order valence-corrected chi connectivity index (χ4v) is 2.68. The first-order valence-corrected chi connectivity index (χ1v) is 7.33. The van der Waals surface area contributed by atoms with Crippen LogP contribution in [0.4, 0.5) is 0 Å². The van der Waals surface area contributed by atoms with Gasteiger partial charge in [-0.15, -0.1) is 0 Å². The van der Waals surface area contributed by atoms with E-state index in [0.717, 1.165) is 13.1 Å². The molecule has 0 amide bonds. The van der Waals surface area contributed by atoms with Gasteiger partial charge in [0.15, 0.2) is 0 Å². The van der Waals surface area contributed by atoms with E-state index in [0.29, 0.717) is 11.0 Å². The number of piperazine rings is 1. The number of nitrogens with zero attached hydrogens (tertiary/aromatic N) is 1. The largest absolute Gasteiger partial charge is 0.314 e. The van der Waals surface area contributed by atoms with Gasteiger partial charge in [-0.3, -0.25) is 4.90 Å². The molecule has 0 spiro atoms. The normalized spacial score (nSPS) is 18.5. The smallest absolute Gasteiger partial charge is 0.0159 e. The van der Waals surface area contributed by atoms with E-state index in [1.165, 1.54) is 25.9 Å². The minimum atomic E-state index is 0.349. The Morgan fingerprint density at radius 2 is 1.47 bits per heavy atom. The molecule has 1 aliphatic rings. The van der Waals surface area contributed by atoms with E-state index >= 15 is 0 Å².